The molecule has 0 bridgehead atoms. The average Bonchev–Trinajstić information content (AvgIpc) is 2.89. The van der Waals surface area contributed by atoms with Crippen LogP contribution in [0.3, 0.4) is 0 Å². The number of carbonyl (C=O) groups excluding carboxylic acids is 2. The molecule has 1 aliphatic carbocycles. The number of aromatic nitrogens is 1. The van der Waals surface area contributed by atoms with E-state index in [-0.39, 0.29) is 23.7 Å². The van der Waals surface area contributed by atoms with E-state index in [1.165, 1.54) is 16.2 Å². The Morgan fingerprint density at radius 1 is 1.35 bits per heavy atom. The van der Waals surface area contributed by atoms with Crippen molar-refractivity contribution in [2.45, 2.75) is 19.8 Å². The second kappa shape index (κ2) is 3.88. The Morgan fingerprint density at radius 3 is 2.41 bits per heavy atom. The topological polar surface area (TPSA) is 50.3 Å². The molecule has 0 N–H and O–H groups in total. The van der Waals surface area contributed by atoms with Gasteiger partial charge in [-0.3, -0.25) is 9.59 Å². The lowest BCUT2D eigenvalue weighted by molar-refractivity contribution is -0.123. The molecule has 17 heavy (non-hydrogen) atoms. The van der Waals surface area contributed by atoms with E-state index in [0.29, 0.717) is 11.0 Å². The Kier molecular flexibility index (Phi) is 2.59. The van der Waals surface area contributed by atoms with Crippen LogP contribution in [0, 0.1) is 17.8 Å². The molecule has 3 rings (SSSR count). The molecule has 2 aliphatic rings. The number of carbonyl (C=O) groups is 2. The number of nitrogens with zero attached hydrogens (tertiary/aromatic N) is 2. The van der Waals surface area contributed by atoms with Gasteiger partial charge in [0, 0.05) is 0 Å². The van der Waals surface area contributed by atoms with Gasteiger partial charge in [-0.15, -0.1) is 0 Å². The van der Waals surface area contributed by atoms with Crippen LogP contribution in [0.15, 0.2) is 9.98 Å². The van der Waals surface area contributed by atoms with Gasteiger partial charge in [-0.2, -0.15) is 0 Å². The first-order valence-corrected chi connectivity index (χ1v) is 7.18. The molecule has 6 heteroatoms. The third kappa shape index (κ3) is 1.65. The molecule has 4 nitrogen and oxygen atoms in total. The van der Waals surface area contributed by atoms with Crippen molar-refractivity contribution >= 4 is 44.2 Å². The third-order valence-electron chi connectivity index (χ3n) is 3.53. The van der Waals surface area contributed by atoms with E-state index in [9.17, 15) is 9.59 Å². The Bertz CT molecular complexity index is 477. The number of thiazole rings is 1. The Morgan fingerprint density at radius 2 is 1.94 bits per heavy atom. The van der Waals surface area contributed by atoms with Crippen molar-refractivity contribution in [3.05, 3.63) is 9.98 Å². The van der Waals surface area contributed by atoms with Gasteiger partial charge in [0.15, 0.2) is 5.13 Å². The molecule has 1 aliphatic heterocycles. The van der Waals surface area contributed by atoms with Gasteiger partial charge >= 0.3 is 0 Å². The molecule has 2 amide bonds. The van der Waals surface area contributed by atoms with Crippen molar-refractivity contribution in [3.63, 3.8) is 0 Å². The molecule has 2 heterocycles. The molecule has 1 saturated heterocycles. The highest BCUT2D eigenvalue weighted by Gasteiger charge is 2.52. The summed E-state index contributed by atoms with van der Waals surface area (Å²) in [5.74, 6) is 0.126. The number of rotatable bonds is 1. The Labute approximate surface area is 111 Å². The molecule has 2 atom stereocenters. The number of hydrogen-bond acceptors (Lipinski definition) is 4. The summed E-state index contributed by atoms with van der Waals surface area (Å²) >= 11 is 4.62. The second-order valence-corrected chi connectivity index (χ2v) is 7.14. The quantitative estimate of drug-likeness (QED) is 0.748. The van der Waals surface area contributed by atoms with Gasteiger partial charge in [-0.05, 0) is 34.7 Å². The van der Waals surface area contributed by atoms with E-state index < -0.39 is 0 Å². The van der Waals surface area contributed by atoms with Crippen LogP contribution >= 0.6 is 27.3 Å². The van der Waals surface area contributed by atoms with Gasteiger partial charge in [0.25, 0.3) is 0 Å². The summed E-state index contributed by atoms with van der Waals surface area (Å²) in [5, 5.41) is 0.494. The normalized spacial score (nSPS) is 32.4. The maximum absolute atomic E-state index is 12.2. The summed E-state index contributed by atoms with van der Waals surface area (Å²) in [6, 6.07) is 0. The summed E-state index contributed by atoms with van der Waals surface area (Å²) in [5.41, 5.74) is 0. The summed E-state index contributed by atoms with van der Waals surface area (Å²) in [7, 11) is 0. The predicted octanol–water partition coefficient (Wildman–Crippen LogP) is 2.44. The average molecular weight is 315 g/mol. The number of imide groups is 1. The van der Waals surface area contributed by atoms with Crippen LogP contribution in [-0.4, -0.2) is 16.8 Å². The number of fused-ring (bicyclic) bond motifs is 1. The minimum absolute atomic E-state index is 0.0637. The van der Waals surface area contributed by atoms with E-state index in [0.717, 1.165) is 16.6 Å². The van der Waals surface area contributed by atoms with E-state index in [2.05, 4.69) is 27.8 Å². The molecule has 90 valence electrons. The zero-order valence-electron chi connectivity index (χ0n) is 9.22. The minimum Gasteiger partial charge on any atom is -0.274 e. The van der Waals surface area contributed by atoms with Crippen LogP contribution in [-0.2, 0) is 9.59 Å². The van der Waals surface area contributed by atoms with Gasteiger partial charge in [-0.25, -0.2) is 9.88 Å². The van der Waals surface area contributed by atoms with Crippen LogP contribution in [0.2, 0.25) is 0 Å². The van der Waals surface area contributed by atoms with Crippen LogP contribution in [0.4, 0.5) is 5.13 Å². The van der Waals surface area contributed by atoms with Crippen LogP contribution in [0.25, 0.3) is 0 Å². The van der Waals surface area contributed by atoms with E-state index in [1.807, 2.05) is 0 Å². The van der Waals surface area contributed by atoms with Crippen molar-refractivity contribution in [2.24, 2.45) is 17.8 Å². The van der Waals surface area contributed by atoms with Crippen molar-refractivity contribution in [1.29, 1.82) is 0 Å². The lowest BCUT2D eigenvalue weighted by atomic mass is 10.00. The van der Waals surface area contributed by atoms with Gasteiger partial charge < -0.3 is 0 Å². The molecule has 0 radical (unpaired) electrons. The van der Waals surface area contributed by atoms with Crippen LogP contribution in [0.5, 0.6) is 0 Å². The number of halogens is 1. The highest BCUT2D eigenvalue weighted by atomic mass is 79.9. The molecule has 2 fully saturated rings. The molecular formula is C11H11BrN2O2S. The first-order valence-electron chi connectivity index (χ1n) is 5.57. The number of anilines is 1. The zero-order valence-corrected chi connectivity index (χ0v) is 11.6. The summed E-state index contributed by atoms with van der Waals surface area (Å²) in [6.07, 6.45) is 3.29. The summed E-state index contributed by atoms with van der Waals surface area (Å²) in [4.78, 5) is 29.8. The number of hydrogen-bond donors (Lipinski definition) is 0. The fourth-order valence-corrected chi connectivity index (χ4v) is 4.01. The maximum Gasteiger partial charge on any atom is 0.239 e. The molecule has 0 spiro atoms. The van der Waals surface area contributed by atoms with Gasteiger partial charge in [0.05, 0.1) is 21.8 Å². The van der Waals surface area contributed by atoms with Gasteiger partial charge in [0.2, 0.25) is 11.8 Å². The lowest BCUT2D eigenvalue weighted by Crippen LogP contribution is -2.31. The van der Waals surface area contributed by atoms with Gasteiger partial charge in [-0.1, -0.05) is 18.3 Å². The SMILES string of the molecule is CC1CC2C(=O)N(c3ncc(Br)s3)C(=O)C2C1. The van der Waals surface area contributed by atoms with E-state index in [4.69, 9.17) is 0 Å². The molecule has 1 aromatic heterocycles. The summed E-state index contributed by atoms with van der Waals surface area (Å²) in [6.45, 7) is 2.10. The maximum atomic E-state index is 12.2. The Balaban J connectivity index is 1.94. The highest BCUT2D eigenvalue weighted by Crippen LogP contribution is 2.45. The van der Waals surface area contributed by atoms with Crippen molar-refractivity contribution in [1.82, 2.24) is 4.98 Å². The smallest absolute Gasteiger partial charge is 0.239 e. The first-order chi connectivity index (χ1) is 8.08. The summed E-state index contributed by atoms with van der Waals surface area (Å²) < 4.78 is 0.832. The van der Waals surface area contributed by atoms with Gasteiger partial charge in [0.1, 0.15) is 0 Å². The first kappa shape index (κ1) is 11.3. The predicted molar refractivity (Wildman–Crippen MR) is 67.7 cm³/mol. The molecule has 1 saturated carbocycles. The van der Waals surface area contributed by atoms with Crippen LogP contribution < -0.4 is 4.90 Å². The number of amides is 2. The zero-order chi connectivity index (χ0) is 12.2. The lowest BCUT2D eigenvalue weighted by Gasteiger charge is -2.12. The Hall–Kier alpha value is -0.750. The minimum atomic E-state index is -0.111. The second-order valence-electron chi connectivity index (χ2n) is 4.75. The molecule has 0 aromatic carbocycles. The molecule has 2 unspecified atom stereocenters. The van der Waals surface area contributed by atoms with Crippen LogP contribution in [0.1, 0.15) is 19.8 Å². The standard InChI is InChI=1S/C11H11BrN2O2S/c1-5-2-6-7(3-5)10(16)14(9(6)15)11-13-4-8(12)17-11/h4-7H,2-3H2,1H3. The van der Waals surface area contributed by atoms with E-state index in [1.54, 1.807) is 6.20 Å². The third-order valence-corrected chi connectivity index (χ3v) is 4.99. The van der Waals surface area contributed by atoms with E-state index >= 15 is 0 Å². The molecule has 1 aromatic rings. The fourth-order valence-electron chi connectivity index (χ4n) is 2.82. The van der Waals surface area contributed by atoms with Crippen molar-refractivity contribution in [2.75, 3.05) is 4.90 Å². The van der Waals surface area contributed by atoms with Crippen molar-refractivity contribution in [3.8, 4) is 0 Å². The highest BCUT2D eigenvalue weighted by molar-refractivity contribution is 9.11. The largest absolute Gasteiger partial charge is 0.274 e. The molecular weight excluding hydrogens is 304 g/mol. The monoisotopic (exact) mass is 314 g/mol. The fraction of sp³-hybridized carbons (Fsp3) is 0.545. The van der Waals surface area contributed by atoms with Crippen molar-refractivity contribution < 1.29 is 9.59 Å².